The molecule has 0 fully saturated rings. The van der Waals surface area contributed by atoms with Crippen molar-refractivity contribution in [3.05, 3.63) is 34.9 Å². The van der Waals surface area contributed by atoms with Crippen LogP contribution < -0.4 is 5.43 Å². The van der Waals surface area contributed by atoms with E-state index in [1.165, 1.54) is 0 Å². The van der Waals surface area contributed by atoms with E-state index >= 15 is 0 Å². The first kappa shape index (κ1) is 16.2. The standard InChI is InChI=1S/C14H17ClN2O3/c1-4-20-14(19)9(2)10(3)16-17-13(18)11-5-7-12(15)8-6-11/h5-9H,4H2,1-3H3,(H,17,18)/b16-10+/t9-/m0/s1. The van der Waals surface area contributed by atoms with Gasteiger partial charge in [0.2, 0.25) is 0 Å². The van der Waals surface area contributed by atoms with Crippen molar-refractivity contribution in [2.45, 2.75) is 20.8 Å². The molecule has 0 saturated heterocycles. The molecule has 1 rings (SSSR count). The smallest absolute Gasteiger partial charge is 0.314 e. The molecular formula is C14H17ClN2O3. The van der Waals surface area contributed by atoms with Gasteiger partial charge in [0, 0.05) is 16.3 Å². The molecule has 5 nitrogen and oxygen atoms in total. The van der Waals surface area contributed by atoms with Gasteiger partial charge in [-0.25, -0.2) is 5.43 Å². The van der Waals surface area contributed by atoms with Gasteiger partial charge in [-0.2, -0.15) is 5.10 Å². The Kier molecular flexibility index (Phi) is 6.18. The average molecular weight is 297 g/mol. The van der Waals surface area contributed by atoms with Crippen LogP contribution >= 0.6 is 11.6 Å². The van der Waals surface area contributed by atoms with Crippen molar-refractivity contribution in [3.63, 3.8) is 0 Å². The van der Waals surface area contributed by atoms with Gasteiger partial charge in [0.05, 0.1) is 12.5 Å². The largest absolute Gasteiger partial charge is 0.465 e. The van der Waals surface area contributed by atoms with Gasteiger partial charge >= 0.3 is 5.97 Å². The quantitative estimate of drug-likeness (QED) is 0.516. The number of benzene rings is 1. The van der Waals surface area contributed by atoms with Gasteiger partial charge in [-0.15, -0.1) is 0 Å². The van der Waals surface area contributed by atoms with Crippen molar-refractivity contribution in [2.75, 3.05) is 6.61 Å². The lowest BCUT2D eigenvalue weighted by Gasteiger charge is -2.10. The third-order valence-electron chi connectivity index (χ3n) is 2.71. The van der Waals surface area contributed by atoms with Gasteiger partial charge in [0.1, 0.15) is 0 Å². The van der Waals surface area contributed by atoms with Crippen LogP contribution in [0, 0.1) is 5.92 Å². The Bertz CT molecular complexity index is 512. The van der Waals surface area contributed by atoms with Gasteiger partial charge in [0.15, 0.2) is 0 Å². The van der Waals surface area contributed by atoms with Gasteiger partial charge in [-0.1, -0.05) is 11.6 Å². The molecule has 1 N–H and O–H groups in total. The van der Waals surface area contributed by atoms with Crippen LogP contribution in [0.4, 0.5) is 0 Å². The van der Waals surface area contributed by atoms with E-state index in [0.29, 0.717) is 22.9 Å². The molecular weight excluding hydrogens is 280 g/mol. The molecule has 0 aliphatic rings. The Morgan fingerprint density at radius 3 is 2.50 bits per heavy atom. The number of hydrogen-bond donors (Lipinski definition) is 1. The lowest BCUT2D eigenvalue weighted by molar-refractivity contribution is -0.145. The van der Waals surface area contributed by atoms with E-state index in [2.05, 4.69) is 10.5 Å². The lowest BCUT2D eigenvalue weighted by atomic mass is 10.1. The molecule has 1 atom stereocenters. The van der Waals surface area contributed by atoms with Crippen molar-refractivity contribution in [1.29, 1.82) is 0 Å². The maximum Gasteiger partial charge on any atom is 0.314 e. The van der Waals surface area contributed by atoms with E-state index < -0.39 is 5.92 Å². The average Bonchev–Trinajstić information content (AvgIpc) is 2.44. The lowest BCUT2D eigenvalue weighted by Crippen LogP contribution is -2.25. The fraction of sp³-hybridized carbons (Fsp3) is 0.357. The first-order valence-corrected chi connectivity index (χ1v) is 6.60. The summed E-state index contributed by atoms with van der Waals surface area (Å²) in [5.74, 6) is -1.23. The molecule has 0 aromatic heterocycles. The maximum atomic E-state index is 11.8. The second-order valence-corrected chi connectivity index (χ2v) is 4.61. The fourth-order valence-corrected chi connectivity index (χ4v) is 1.47. The summed E-state index contributed by atoms with van der Waals surface area (Å²) in [5.41, 5.74) is 3.31. The highest BCUT2D eigenvalue weighted by molar-refractivity contribution is 6.30. The van der Waals surface area contributed by atoms with E-state index in [1.807, 2.05) is 0 Å². The first-order valence-electron chi connectivity index (χ1n) is 6.22. The molecule has 0 spiro atoms. The minimum absolute atomic E-state index is 0.313. The van der Waals surface area contributed by atoms with Crippen LogP contribution in [0.5, 0.6) is 0 Å². The zero-order chi connectivity index (χ0) is 15.1. The van der Waals surface area contributed by atoms with Gasteiger partial charge in [0.25, 0.3) is 5.91 Å². The summed E-state index contributed by atoms with van der Waals surface area (Å²) < 4.78 is 4.88. The number of carbonyl (C=O) groups is 2. The SMILES string of the molecule is CCOC(=O)[C@@H](C)/C(C)=N/NC(=O)c1ccc(Cl)cc1. The van der Waals surface area contributed by atoms with Crippen LogP contribution in [0.15, 0.2) is 29.4 Å². The van der Waals surface area contributed by atoms with Crippen molar-refractivity contribution >= 4 is 29.2 Å². The molecule has 0 aliphatic carbocycles. The van der Waals surface area contributed by atoms with Crippen LogP contribution in [0.2, 0.25) is 5.02 Å². The van der Waals surface area contributed by atoms with Gasteiger partial charge in [-0.05, 0) is 45.0 Å². The highest BCUT2D eigenvalue weighted by Gasteiger charge is 2.17. The predicted molar refractivity (Wildman–Crippen MR) is 77.8 cm³/mol. The van der Waals surface area contributed by atoms with Gasteiger partial charge in [-0.3, -0.25) is 9.59 Å². The van der Waals surface area contributed by atoms with Crippen molar-refractivity contribution in [2.24, 2.45) is 11.0 Å². The third kappa shape index (κ3) is 4.66. The third-order valence-corrected chi connectivity index (χ3v) is 2.96. The van der Waals surface area contributed by atoms with Crippen LogP contribution in [-0.2, 0) is 9.53 Å². The summed E-state index contributed by atoms with van der Waals surface area (Å²) in [7, 11) is 0. The Labute approximate surface area is 123 Å². The van der Waals surface area contributed by atoms with Crippen LogP contribution in [0.3, 0.4) is 0 Å². The summed E-state index contributed by atoms with van der Waals surface area (Å²) in [6, 6.07) is 6.43. The molecule has 0 bridgehead atoms. The normalized spacial score (nSPS) is 12.7. The minimum Gasteiger partial charge on any atom is -0.465 e. The monoisotopic (exact) mass is 296 g/mol. The number of halogens is 1. The van der Waals surface area contributed by atoms with Crippen molar-refractivity contribution < 1.29 is 14.3 Å². The van der Waals surface area contributed by atoms with Gasteiger partial charge < -0.3 is 4.74 Å². The number of esters is 1. The number of nitrogens with one attached hydrogen (secondary N) is 1. The zero-order valence-electron chi connectivity index (χ0n) is 11.6. The van der Waals surface area contributed by atoms with Crippen LogP contribution in [0.25, 0.3) is 0 Å². The Morgan fingerprint density at radius 2 is 1.95 bits per heavy atom. The molecule has 1 aromatic rings. The molecule has 0 radical (unpaired) electrons. The summed E-state index contributed by atoms with van der Waals surface area (Å²) in [6.07, 6.45) is 0. The second-order valence-electron chi connectivity index (χ2n) is 4.17. The van der Waals surface area contributed by atoms with E-state index in [-0.39, 0.29) is 11.9 Å². The number of amides is 1. The van der Waals surface area contributed by atoms with Crippen molar-refractivity contribution in [1.82, 2.24) is 5.43 Å². The summed E-state index contributed by atoms with van der Waals surface area (Å²) in [4.78, 5) is 23.3. The zero-order valence-corrected chi connectivity index (χ0v) is 12.4. The molecule has 6 heteroatoms. The topological polar surface area (TPSA) is 67.8 Å². The highest BCUT2D eigenvalue weighted by Crippen LogP contribution is 2.09. The molecule has 1 amide bonds. The molecule has 20 heavy (non-hydrogen) atoms. The highest BCUT2D eigenvalue weighted by atomic mass is 35.5. The summed E-state index contributed by atoms with van der Waals surface area (Å²) >= 11 is 5.74. The summed E-state index contributed by atoms with van der Waals surface area (Å²) in [5, 5.41) is 4.46. The summed E-state index contributed by atoms with van der Waals surface area (Å²) in [6.45, 7) is 5.38. The van der Waals surface area contributed by atoms with Crippen LogP contribution in [0.1, 0.15) is 31.1 Å². The minimum atomic E-state index is -0.500. The number of carbonyl (C=O) groups excluding carboxylic acids is 2. The molecule has 0 saturated carbocycles. The number of ether oxygens (including phenoxy) is 1. The Balaban J connectivity index is 2.64. The van der Waals surface area contributed by atoms with E-state index in [9.17, 15) is 9.59 Å². The molecule has 1 aromatic carbocycles. The second kappa shape index (κ2) is 7.65. The van der Waals surface area contributed by atoms with Crippen LogP contribution in [-0.4, -0.2) is 24.2 Å². The predicted octanol–water partition coefficient (Wildman–Crippen LogP) is 2.64. The van der Waals surface area contributed by atoms with Crippen molar-refractivity contribution in [3.8, 4) is 0 Å². The maximum absolute atomic E-state index is 11.8. The molecule has 108 valence electrons. The molecule has 0 unspecified atom stereocenters. The first-order chi connectivity index (χ1) is 9.45. The van der Waals surface area contributed by atoms with E-state index in [0.717, 1.165) is 0 Å². The van der Waals surface area contributed by atoms with E-state index in [1.54, 1.807) is 45.0 Å². The number of nitrogens with zero attached hydrogens (tertiary/aromatic N) is 1. The fourth-order valence-electron chi connectivity index (χ4n) is 1.34. The molecule has 0 aliphatic heterocycles. The number of hydrazone groups is 1. The number of hydrogen-bond acceptors (Lipinski definition) is 4. The molecule has 0 heterocycles. The Hall–Kier alpha value is -1.88. The Morgan fingerprint density at radius 1 is 1.35 bits per heavy atom. The number of rotatable bonds is 5. The van der Waals surface area contributed by atoms with E-state index in [4.69, 9.17) is 16.3 Å².